The Morgan fingerprint density at radius 3 is 2.55 bits per heavy atom. The minimum atomic E-state index is -1.78. The molecule has 1 amide bonds. The Kier molecular flexibility index (Phi) is 4.57. The van der Waals surface area contributed by atoms with Gasteiger partial charge in [0.05, 0.1) is 15.7 Å². The van der Waals surface area contributed by atoms with E-state index in [0.717, 1.165) is 6.07 Å². The highest BCUT2D eigenvalue weighted by Gasteiger charge is 2.14. The smallest absolute Gasteiger partial charge is 0.237 e. The van der Waals surface area contributed by atoms with E-state index in [1.54, 1.807) is 6.07 Å². The summed E-state index contributed by atoms with van der Waals surface area (Å²) in [5.74, 6) is -2.07. The molecule has 0 saturated heterocycles. The fourth-order valence-corrected chi connectivity index (χ4v) is 2.57. The van der Waals surface area contributed by atoms with Gasteiger partial charge in [0, 0.05) is 5.69 Å². The molecule has 0 bridgehead atoms. The predicted molar refractivity (Wildman–Crippen MR) is 72.7 cm³/mol. The zero-order chi connectivity index (χ0) is 14.5. The van der Waals surface area contributed by atoms with Crippen LogP contribution in [0.1, 0.15) is 0 Å². The van der Waals surface area contributed by atoms with Crippen molar-refractivity contribution in [2.45, 2.75) is 4.90 Å². The Morgan fingerprint density at radius 1 is 1.10 bits per heavy atom. The Morgan fingerprint density at radius 2 is 1.85 bits per heavy atom. The van der Waals surface area contributed by atoms with E-state index in [2.05, 4.69) is 5.32 Å². The van der Waals surface area contributed by atoms with Crippen LogP contribution in [-0.2, 0) is 15.6 Å². The average molecular weight is 295 g/mol. The highest BCUT2D eigenvalue weighted by molar-refractivity contribution is 7.85. The quantitative estimate of drug-likeness (QED) is 0.942. The normalized spacial score (nSPS) is 11.9. The fourth-order valence-electron chi connectivity index (χ4n) is 1.59. The SMILES string of the molecule is O=C(CS(=O)c1ccccc1F)Nc1cccc(F)c1. The summed E-state index contributed by atoms with van der Waals surface area (Å²) < 4.78 is 38.2. The summed E-state index contributed by atoms with van der Waals surface area (Å²) in [4.78, 5) is 11.6. The zero-order valence-electron chi connectivity index (χ0n) is 10.3. The topological polar surface area (TPSA) is 46.2 Å². The zero-order valence-corrected chi connectivity index (χ0v) is 11.1. The first-order chi connectivity index (χ1) is 9.56. The van der Waals surface area contributed by atoms with Gasteiger partial charge in [0.15, 0.2) is 0 Å². The number of halogens is 2. The molecule has 0 saturated carbocycles. The van der Waals surface area contributed by atoms with Gasteiger partial charge in [0.1, 0.15) is 17.4 Å². The number of nitrogens with one attached hydrogen (secondary N) is 1. The molecule has 0 aromatic heterocycles. The molecule has 0 aliphatic rings. The Balaban J connectivity index is 2.02. The van der Waals surface area contributed by atoms with Gasteiger partial charge < -0.3 is 5.32 Å². The molecule has 1 N–H and O–H groups in total. The molecular formula is C14H11F2NO2S. The van der Waals surface area contributed by atoms with Crippen LogP contribution in [0, 0.1) is 11.6 Å². The number of carbonyl (C=O) groups excluding carboxylic acids is 1. The van der Waals surface area contributed by atoms with Crippen molar-refractivity contribution in [1.29, 1.82) is 0 Å². The monoisotopic (exact) mass is 295 g/mol. The van der Waals surface area contributed by atoms with Crippen LogP contribution in [-0.4, -0.2) is 15.9 Å². The van der Waals surface area contributed by atoms with E-state index in [4.69, 9.17) is 0 Å². The molecule has 0 radical (unpaired) electrons. The predicted octanol–water partition coefficient (Wildman–Crippen LogP) is 2.71. The van der Waals surface area contributed by atoms with Crippen molar-refractivity contribution < 1.29 is 17.8 Å². The minimum Gasteiger partial charge on any atom is -0.325 e. The molecular weight excluding hydrogens is 284 g/mol. The summed E-state index contributed by atoms with van der Waals surface area (Å²) in [7, 11) is -1.78. The van der Waals surface area contributed by atoms with Crippen LogP contribution in [0.2, 0.25) is 0 Å². The number of hydrogen-bond acceptors (Lipinski definition) is 2. The molecule has 6 heteroatoms. The lowest BCUT2D eigenvalue weighted by Crippen LogP contribution is -2.20. The van der Waals surface area contributed by atoms with Crippen LogP contribution in [0.5, 0.6) is 0 Å². The van der Waals surface area contributed by atoms with E-state index in [1.165, 1.54) is 36.4 Å². The number of benzene rings is 2. The fraction of sp³-hybridized carbons (Fsp3) is 0.0714. The van der Waals surface area contributed by atoms with Gasteiger partial charge in [0.2, 0.25) is 5.91 Å². The molecule has 20 heavy (non-hydrogen) atoms. The molecule has 0 aliphatic heterocycles. The van der Waals surface area contributed by atoms with Crippen LogP contribution in [0.25, 0.3) is 0 Å². The standard InChI is InChI=1S/C14H11F2NO2S/c15-10-4-3-5-11(8-10)17-14(18)9-20(19)13-7-2-1-6-12(13)16/h1-8H,9H2,(H,17,18). The lowest BCUT2D eigenvalue weighted by atomic mass is 10.3. The van der Waals surface area contributed by atoms with E-state index in [0.29, 0.717) is 0 Å². The van der Waals surface area contributed by atoms with Gasteiger partial charge >= 0.3 is 0 Å². The summed E-state index contributed by atoms with van der Waals surface area (Å²) in [5.41, 5.74) is 0.264. The minimum absolute atomic E-state index is 0.0260. The lowest BCUT2D eigenvalue weighted by molar-refractivity contribution is -0.113. The molecule has 104 valence electrons. The van der Waals surface area contributed by atoms with Gasteiger partial charge in [-0.1, -0.05) is 18.2 Å². The summed E-state index contributed by atoms with van der Waals surface area (Å²) in [6.07, 6.45) is 0. The maximum Gasteiger partial charge on any atom is 0.237 e. The van der Waals surface area contributed by atoms with Crippen LogP contribution < -0.4 is 5.32 Å². The molecule has 2 aromatic carbocycles. The van der Waals surface area contributed by atoms with E-state index in [-0.39, 0.29) is 10.6 Å². The van der Waals surface area contributed by atoms with Gasteiger partial charge in [-0.25, -0.2) is 8.78 Å². The summed E-state index contributed by atoms with van der Waals surface area (Å²) >= 11 is 0. The second kappa shape index (κ2) is 6.38. The molecule has 1 unspecified atom stereocenters. The second-order valence-electron chi connectivity index (χ2n) is 3.98. The van der Waals surface area contributed by atoms with Crippen LogP contribution in [0.15, 0.2) is 53.4 Å². The van der Waals surface area contributed by atoms with Gasteiger partial charge in [-0.15, -0.1) is 0 Å². The van der Waals surface area contributed by atoms with E-state index in [9.17, 15) is 17.8 Å². The molecule has 2 rings (SSSR count). The van der Waals surface area contributed by atoms with Crippen LogP contribution in [0.4, 0.5) is 14.5 Å². The first kappa shape index (κ1) is 14.3. The lowest BCUT2D eigenvalue weighted by Gasteiger charge is -2.06. The van der Waals surface area contributed by atoms with Gasteiger partial charge in [-0.2, -0.15) is 0 Å². The van der Waals surface area contributed by atoms with Crippen LogP contribution >= 0.6 is 0 Å². The van der Waals surface area contributed by atoms with Crippen molar-refractivity contribution in [3.63, 3.8) is 0 Å². The van der Waals surface area contributed by atoms with E-state index >= 15 is 0 Å². The maximum absolute atomic E-state index is 13.4. The van der Waals surface area contributed by atoms with Crippen LogP contribution in [0.3, 0.4) is 0 Å². The molecule has 0 spiro atoms. The molecule has 0 fully saturated rings. The maximum atomic E-state index is 13.4. The highest BCUT2D eigenvalue weighted by atomic mass is 32.2. The third kappa shape index (κ3) is 3.71. The molecule has 3 nitrogen and oxygen atoms in total. The largest absolute Gasteiger partial charge is 0.325 e. The Labute approximate surface area is 117 Å². The third-order valence-electron chi connectivity index (χ3n) is 2.45. The number of anilines is 1. The first-order valence-corrected chi connectivity index (χ1v) is 7.06. The average Bonchev–Trinajstić information content (AvgIpc) is 2.38. The summed E-state index contributed by atoms with van der Waals surface area (Å²) in [6, 6.07) is 10.9. The molecule has 0 heterocycles. The number of rotatable bonds is 4. The van der Waals surface area contributed by atoms with Crippen molar-refractivity contribution in [2.75, 3.05) is 11.1 Å². The van der Waals surface area contributed by atoms with E-state index in [1.807, 2.05) is 0 Å². The third-order valence-corrected chi connectivity index (χ3v) is 3.80. The molecule has 0 aliphatic carbocycles. The first-order valence-electron chi connectivity index (χ1n) is 5.74. The van der Waals surface area contributed by atoms with Crippen molar-refractivity contribution in [1.82, 2.24) is 0 Å². The Bertz CT molecular complexity index is 661. The molecule has 2 aromatic rings. The van der Waals surface area contributed by atoms with Crippen molar-refractivity contribution in [2.24, 2.45) is 0 Å². The number of hydrogen-bond donors (Lipinski definition) is 1. The van der Waals surface area contributed by atoms with E-state index < -0.39 is 34.1 Å². The van der Waals surface area contributed by atoms with Crippen molar-refractivity contribution in [3.8, 4) is 0 Å². The molecule has 1 atom stereocenters. The van der Waals surface area contributed by atoms with Crippen molar-refractivity contribution >= 4 is 22.4 Å². The summed E-state index contributed by atoms with van der Waals surface area (Å²) in [5, 5.41) is 2.41. The second-order valence-corrected chi connectivity index (χ2v) is 5.40. The Hall–Kier alpha value is -2.08. The number of carbonyl (C=O) groups is 1. The van der Waals surface area contributed by atoms with Gasteiger partial charge in [-0.05, 0) is 30.3 Å². The summed E-state index contributed by atoms with van der Waals surface area (Å²) in [6.45, 7) is 0. The van der Waals surface area contributed by atoms with Gasteiger partial charge in [-0.3, -0.25) is 9.00 Å². The van der Waals surface area contributed by atoms with Crippen molar-refractivity contribution in [3.05, 3.63) is 60.2 Å². The number of amides is 1. The van der Waals surface area contributed by atoms with Gasteiger partial charge in [0.25, 0.3) is 0 Å². The highest BCUT2D eigenvalue weighted by Crippen LogP contribution is 2.13.